The van der Waals surface area contributed by atoms with E-state index in [9.17, 15) is 0 Å². The monoisotopic (exact) mass is 374 g/mol. The van der Waals surface area contributed by atoms with Crippen molar-refractivity contribution in [2.45, 2.75) is 12.5 Å². The van der Waals surface area contributed by atoms with Gasteiger partial charge >= 0.3 is 0 Å². The van der Waals surface area contributed by atoms with Gasteiger partial charge in [-0.15, -0.1) is 0 Å². The summed E-state index contributed by atoms with van der Waals surface area (Å²) in [6.07, 6.45) is 0.892. The zero-order chi connectivity index (χ0) is 19.5. The molecule has 0 aliphatic carbocycles. The lowest BCUT2D eigenvalue weighted by Gasteiger charge is -2.23. The molecule has 0 saturated heterocycles. The average molecular weight is 374 g/mol. The Labute approximate surface area is 171 Å². The minimum Gasteiger partial charge on any atom is -0.257 e. The smallest absolute Gasteiger partial charge is 0.0831 e. The van der Waals surface area contributed by atoms with Crippen LogP contribution in [-0.4, -0.2) is 5.71 Å². The van der Waals surface area contributed by atoms with E-state index in [0.717, 1.165) is 17.8 Å². The van der Waals surface area contributed by atoms with Crippen LogP contribution in [0.5, 0.6) is 0 Å². The first kappa shape index (κ1) is 17.4. The van der Waals surface area contributed by atoms with Gasteiger partial charge in [-0.1, -0.05) is 103 Å². The van der Waals surface area contributed by atoms with Gasteiger partial charge in [0.15, 0.2) is 0 Å². The first-order valence-electron chi connectivity index (χ1n) is 10.0. The Morgan fingerprint density at radius 3 is 1.72 bits per heavy atom. The molecule has 0 saturated carbocycles. The summed E-state index contributed by atoms with van der Waals surface area (Å²) in [4.78, 5) is 0. The minimum atomic E-state index is 0.211. The standard InChI is InChI=1S/C27H22N2/c1-4-10-21(11-5-1)22-16-18-23(19-17-22)26-20-27(24-12-6-2-7-13-24)29(28-26)25-14-8-3-9-15-25/h1-19,27H,20H2/t27-/m0/s1. The highest BCUT2D eigenvalue weighted by molar-refractivity contribution is 6.03. The van der Waals surface area contributed by atoms with Crippen molar-refractivity contribution < 1.29 is 0 Å². The summed E-state index contributed by atoms with van der Waals surface area (Å²) in [5.74, 6) is 0. The zero-order valence-electron chi connectivity index (χ0n) is 16.1. The summed E-state index contributed by atoms with van der Waals surface area (Å²) in [6.45, 7) is 0. The first-order chi connectivity index (χ1) is 14.4. The molecule has 1 aliphatic rings. The maximum absolute atomic E-state index is 5.04. The van der Waals surface area contributed by atoms with E-state index in [1.54, 1.807) is 0 Å². The molecule has 0 amide bonds. The molecule has 0 N–H and O–H groups in total. The molecule has 0 radical (unpaired) electrons. The lowest BCUT2D eigenvalue weighted by atomic mass is 9.96. The number of nitrogens with zero attached hydrogens (tertiary/aromatic N) is 2. The first-order valence-corrected chi connectivity index (χ1v) is 10.0. The fourth-order valence-electron chi connectivity index (χ4n) is 3.92. The molecule has 29 heavy (non-hydrogen) atoms. The third-order valence-corrected chi connectivity index (χ3v) is 5.44. The van der Waals surface area contributed by atoms with E-state index in [1.165, 1.54) is 22.3 Å². The number of hydrogen-bond donors (Lipinski definition) is 0. The fourth-order valence-corrected chi connectivity index (χ4v) is 3.92. The van der Waals surface area contributed by atoms with Gasteiger partial charge in [-0.3, -0.25) is 5.01 Å². The van der Waals surface area contributed by atoms with E-state index >= 15 is 0 Å². The van der Waals surface area contributed by atoms with Crippen molar-refractivity contribution in [1.29, 1.82) is 0 Å². The molecular formula is C27H22N2. The SMILES string of the molecule is c1ccc(-c2ccc(C3=NN(c4ccccc4)[C@H](c4ccccc4)C3)cc2)cc1. The Morgan fingerprint density at radius 1 is 0.552 bits per heavy atom. The van der Waals surface area contributed by atoms with E-state index in [0.29, 0.717) is 0 Å². The third-order valence-electron chi connectivity index (χ3n) is 5.44. The predicted octanol–water partition coefficient (Wildman–Crippen LogP) is 6.71. The van der Waals surface area contributed by atoms with E-state index < -0.39 is 0 Å². The summed E-state index contributed by atoms with van der Waals surface area (Å²) < 4.78 is 0. The molecule has 2 nitrogen and oxygen atoms in total. The van der Waals surface area contributed by atoms with Crippen LogP contribution < -0.4 is 5.01 Å². The summed E-state index contributed by atoms with van der Waals surface area (Å²) >= 11 is 0. The number of para-hydroxylation sites is 1. The molecule has 140 valence electrons. The molecular weight excluding hydrogens is 352 g/mol. The fraction of sp³-hybridized carbons (Fsp3) is 0.0741. The van der Waals surface area contributed by atoms with Crippen molar-refractivity contribution in [1.82, 2.24) is 0 Å². The number of hydrogen-bond acceptors (Lipinski definition) is 2. The largest absolute Gasteiger partial charge is 0.257 e. The van der Waals surface area contributed by atoms with Gasteiger partial charge in [0, 0.05) is 6.42 Å². The molecule has 4 aromatic carbocycles. The predicted molar refractivity (Wildman–Crippen MR) is 121 cm³/mol. The molecule has 2 heteroatoms. The second-order valence-electron chi connectivity index (χ2n) is 7.30. The highest BCUT2D eigenvalue weighted by Crippen LogP contribution is 2.36. The Morgan fingerprint density at radius 2 is 1.07 bits per heavy atom. The van der Waals surface area contributed by atoms with E-state index in [4.69, 9.17) is 5.10 Å². The maximum Gasteiger partial charge on any atom is 0.0831 e. The van der Waals surface area contributed by atoms with E-state index in [2.05, 4.69) is 108 Å². The van der Waals surface area contributed by atoms with Crippen LogP contribution in [0.2, 0.25) is 0 Å². The van der Waals surface area contributed by atoms with Gasteiger partial charge in [0.05, 0.1) is 17.4 Å². The highest BCUT2D eigenvalue weighted by atomic mass is 15.5. The molecule has 1 aliphatic heterocycles. The van der Waals surface area contributed by atoms with Gasteiger partial charge in [0.2, 0.25) is 0 Å². The second-order valence-corrected chi connectivity index (χ2v) is 7.30. The van der Waals surface area contributed by atoms with E-state index in [1.807, 2.05) is 12.1 Å². The molecule has 4 aromatic rings. The van der Waals surface area contributed by atoms with Gasteiger partial charge < -0.3 is 0 Å². The third kappa shape index (κ3) is 3.57. The Bertz CT molecular complexity index is 1100. The van der Waals surface area contributed by atoms with Crippen LogP contribution in [0, 0.1) is 0 Å². The highest BCUT2D eigenvalue weighted by Gasteiger charge is 2.29. The van der Waals surface area contributed by atoms with Crippen molar-refractivity contribution in [2.24, 2.45) is 5.10 Å². The number of rotatable bonds is 4. The van der Waals surface area contributed by atoms with Gasteiger partial charge in [0.1, 0.15) is 0 Å². The van der Waals surface area contributed by atoms with Crippen molar-refractivity contribution in [3.8, 4) is 11.1 Å². The van der Waals surface area contributed by atoms with Gasteiger partial charge in [0.25, 0.3) is 0 Å². The lowest BCUT2D eigenvalue weighted by Crippen LogP contribution is -2.18. The Hall–Kier alpha value is -3.65. The van der Waals surface area contributed by atoms with Gasteiger partial charge in [-0.2, -0.15) is 5.10 Å². The van der Waals surface area contributed by atoms with Crippen LogP contribution >= 0.6 is 0 Å². The number of benzene rings is 4. The van der Waals surface area contributed by atoms with Gasteiger partial charge in [-0.25, -0.2) is 0 Å². The topological polar surface area (TPSA) is 15.6 Å². The molecule has 1 heterocycles. The minimum absolute atomic E-state index is 0.211. The Kier molecular flexibility index (Phi) is 4.67. The van der Waals surface area contributed by atoms with Crippen LogP contribution in [0.3, 0.4) is 0 Å². The molecule has 0 spiro atoms. The summed E-state index contributed by atoms with van der Waals surface area (Å²) in [6, 6.07) is 40.6. The normalized spacial score (nSPS) is 15.9. The van der Waals surface area contributed by atoms with Gasteiger partial charge in [-0.05, 0) is 34.4 Å². The average Bonchev–Trinajstić information content (AvgIpc) is 3.27. The molecule has 0 bridgehead atoms. The molecule has 0 fully saturated rings. The molecule has 5 rings (SSSR count). The summed E-state index contributed by atoms with van der Waals surface area (Å²) in [5.41, 5.74) is 7.19. The van der Waals surface area contributed by atoms with Crippen LogP contribution in [0.15, 0.2) is 120 Å². The van der Waals surface area contributed by atoms with Crippen LogP contribution in [-0.2, 0) is 0 Å². The summed E-state index contributed by atoms with van der Waals surface area (Å²) in [5, 5.41) is 7.20. The molecule has 0 aromatic heterocycles. The number of hydrazone groups is 1. The van der Waals surface area contributed by atoms with Crippen molar-refractivity contribution in [3.05, 3.63) is 126 Å². The number of anilines is 1. The Balaban J connectivity index is 1.48. The van der Waals surface area contributed by atoms with Crippen molar-refractivity contribution >= 4 is 11.4 Å². The van der Waals surface area contributed by atoms with Crippen molar-refractivity contribution in [2.75, 3.05) is 5.01 Å². The lowest BCUT2D eigenvalue weighted by molar-refractivity contribution is 0.709. The quantitative estimate of drug-likeness (QED) is 0.388. The van der Waals surface area contributed by atoms with Crippen LogP contribution in [0.25, 0.3) is 11.1 Å². The summed E-state index contributed by atoms with van der Waals surface area (Å²) in [7, 11) is 0. The zero-order valence-corrected chi connectivity index (χ0v) is 16.1. The molecule has 0 unspecified atom stereocenters. The van der Waals surface area contributed by atoms with Crippen LogP contribution in [0.1, 0.15) is 23.6 Å². The van der Waals surface area contributed by atoms with E-state index in [-0.39, 0.29) is 6.04 Å². The second kappa shape index (κ2) is 7.76. The maximum atomic E-state index is 5.04. The van der Waals surface area contributed by atoms with Crippen molar-refractivity contribution in [3.63, 3.8) is 0 Å². The molecule has 1 atom stereocenters. The van der Waals surface area contributed by atoms with Crippen LogP contribution in [0.4, 0.5) is 5.69 Å².